The van der Waals surface area contributed by atoms with Crippen LogP contribution in [0.3, 0.4) is 0 Å². The van der Waals surface area contributed by atoms with E-state index in [1.165, 1.54) is 4.90 Å². The lowest BCUT2D eigenvalue weighted by atomic mass is 9.93. The molecule has 0 spiro atoms. The zero-order valence-corrected chi connectivity index (χ0v) is 12.1. The zero-order chi connectivity index (χ0) is 14.7. The molecule has 2 rings (SSSR count). The summed E-state index contributed by atoms with van der Waals surface area (Å²) in [5.74, 6) is -0.284. The standard InChI is InChI=1S/C13H15Cl2NO4/c14-10-2-1-8(5-11(10)15)9-6-16(13(18)19)3-4-20-12(9)7-17/h1-2,5,9,12,17H,3-4,6-7H2,(H,18,19)/t9-,12+/m0/s1. The molecule has 0 aliphatic carbocycles. The molecule has 110 valence electrons. The Morgan fingerprint density at radius 3 is 2.75 bits per heavy atom. The summed E-state index contributed by atoms with van der Waals surface area (Å²) in [6, 6.07) is 5.12. The summed E-state index contributed by atoms with van der Waals surface area (Å²) in [5.41, 5.74) is 0.798. The first-order valence-electron chi connectivity index (χ1n) is 6.18. The predicted octanol–water partition coefficient (Wildman–Crippen LogP) is 2.45. The molecular formula is C13H15Cl2NO4. The lowest BCUT2D eigenvalue weighted by molar-refractivity contribution is 0.0104. The van der Waals surface area contributed by atoms with E-state index in [-0.39, 0.29) is 32.2 Å². The van der Waals surface area contributed by atoms with Crippen molar-refractivity contribution in [2.24, 2.45) is 0 Å². The smallest absolute Gasteiger partial charge is 0.407 e. The third-order valence-corrected chi connectivity index (χ3v) is 4.12. The van der Waals surface area contributed by atoms with E-state index in [0.717, 1.165) is 5.56 Å². The Morgan fingerprint density at radius 1 is 1.40 bits per heavy atom. The second kappa shape index (κ2) is 6.63. The normalized spacial score (nSPS) is 23.4. The summed E-state index contributed by atoms with van der Waals surface area (Å²) in [7, 11) is 0. The Labute approximate surface area is 126 Å². The highest BCUT2D eigenvalue weighted by atomic mass is 35.5. The fraction of sp³-hybridized carbons (Fsp3) is 0.462. The molecule has 0 bridgehead atoms. The number of aliphatic hydroxyl groups is 1. The fourth-order valence-electron chi connectivity index (χ4n) is 2.29. The van der Waals surface area contributed by atoms with Crippen LogP contribution in [0, 0.1) is 0 Å². The second-order valence-electron chi connectivity index (χ2n) is 4.60. The van der Waals surface area contributed by atoms with Crippen LogP contribution in [0.15, 0.2) is 18.2 Å². The lowest BCUT2D eigenvalue weighted by Crippen LogP contribution is -2.35. The van der Waals surface area contributed by atoms with Gasteiger partial charge in [-0.1, -0.05) is 29.3 Å². The van der Waals surface area contributed by atoms with Crippen LogP contribution in [0.4, 0.5) is 4.79 Å². The van der Waals surface area contributed by atoms with Crippen molar-refractivity contribution < 1.29 is 19.7 Å². The number of ether oxygens (including phenoxy) is 1. The monoisotopic (exact) mass is 319 g/mol. The van der Waals surface area contributed by atoms with Crippen LogP contribution in [-0.4, -0.2) is 53.6 Å². The number of rotatable bonds is 2. The molecule has 0 aromatic heterocycles. The van der Waals surface area contributed by atoms with Crippen molar-refractivity contribution in [2.75, 3.05) is 26.3 Å². The van der Waals surface area contributed by atoms with Crippen molar-refractivity contribution in [3.8, 4) is 0 Å². The molecule has 0 unspecified atom stereocenters. The Balaban J connectivity index is 2.31. The van der Waals surface area contributed by atoms with Gasteiger partial charge in [0, 0.05) is 19.0 Å². The molecule has 1 saturated heterocycles. The van der Waals surface area contributed by atoms with E-state index in [0.29, 0.717) is 10.0 Å². The van der Waals surface area contributed by atoms with Gasteiger partial charge in [0.1, 0.15) is 0 Å². The van der Waals surface area contributed by atoms with Crippen LogP contribution in [0.2, 0.25) is 10.0 Å². The fourth-order valence-corrected chi connectivity index (χ4v) is 2.60. The van der Waals surface area contributed by atoms with Gasteiger partial charge in [-0.2, -0.15) is 0 Å². The van der Waals surface area contributed by atoms with Gasteiger partial charge in [-0.3, -0.25) is 0 Å². The van der Waals surface area contributed by atoms with Gasteiger partial charge in [-0.15, -0.1) is 0 Å². The number of hydrogen-bond acceptors (Lipinski definition) is 3. The number of aliphatic hydroxyl groups excluding tert-OH is 1. The Bertz CT molecular complexity index is 497. The number of carbonyl (C=O) groups is 1. The topological polar surface area (TPSA) is 70.0 Å². The zero-order valence-electron chi connectivity index (χ0n) is 10.6. The van der Waals surface area contributed by atoms with E-state index < -0.39 is 12.2 Å². The first-order chi connectivity index (χ1) is 9.52. The van der Waals surface area contributed by atoms with Gasteiger partial charge in [0.15, 0.2) is 0 Å². The number of benzene rings is 1. The Kier molecular flexibility index (Phi) is 5.10. The highest BCUT2D eigenvalue weighted by Crippen LogP contribution is 2.30. The van der Waals surface area contributed by atoms with Gasteiger partial charge in [0.2, 0.25) is 0 Å². The molecule has 2 N–H and O–H groups in total. The summed E-state index contributed by atoms with van der Waals surface area (Å²) >= 11 is 11.9. The average Bonchev–Trinajstić information content (AvgIpc) is 2.64. The SMILES string of the molecule is O=C(O)N1CCO[C@H](CO)[C@H](c2ccc(Cl)c(Cl)c2)C1. The van der Waals surface area contributed by atoms with Crippen LogP contribution in [-0.2, 0) is 4.74 Å². The molecule has 1 fully saturated rings. The van der Waals surface area contributed by atoms with Crippen LogP contribution >= 0.6 is 23.2 Å². The molecule has 1 heterocycles. The minimum absolute atomic E-state index is 0.182. The minimum atomic E-state index is -1.00. The minimum Gasteiger partial charge on any atom is -0.465 e. The van der Waals surface area contributed by atoms with Crippen molar-refractivity contribution in [3.05, 3.63) is 33.8 Å². The maximum Gasteiger partial charge on any atom is 0.407 e. The molecule has 1 aromatic carbocycles. The summed E-state index contributed by atoms with van der Waals surface area (Å²) < 4.78 is 5.54. The van der Waals surface area contributed by atoms with Gasteiger partial charge >= 0.3 is 6.09 Å². The molecule has 7 heteroatoms. The molecule has 0 radical (unpaired) electrons. The first-order valence-corrected chi connectivity index (χ1v) is 6.93. The van der Waals surface area contributed by atoms with Crippen LogP contribution in [0.25, 0.3) is 0 Å². The maximum atomic E-state index is 11.2. The number of hydrogen-bond donors (Lipinski definition) is 2. The van der Waals surface area contributed by atoms with Gasteiger partial charge < -0.3 is 19.8 Å². The summed E-state index contributed by atoms with van der Waals surface area (Å²) in [5, 5.41) is 19.4. The first kappa shape index (κ1) is 15.4. The molecular weight excluding hydrogens is 305 g/mol. The van der Waals surface area contributed by atoms with Crippen molar-refractivity contribution in [2.45, 2.75) is 12.0 Å². The van der Waals surface area contributed by atoms with E-state index in [1.807, 2.05) is 0 Å². The molecule has 5 nitrogen and oxygen atoms in total. The van der Waals surface area contributed by atoms with Gasteiger partial charge in [0.05, 0.1) is 29.4 Å². The highest BCUT2D eigenvalue weighted by molar-refractivity contribution is 6.42. The summed E-state index contributed by atoms with van der Waals surface area (Å²) in [6.45, 7) is 0.607. The third kappa shape index (κ3) is 3.35. The van der Waals surface area contributed by atoms with Crippen molar-refractivity contribution >= 4 is 29.3 Å². The van der Waals surface area contributed by atoms with Crippen molar-refractivity contribution in [1.29, 1.82) is 0 Å². The molecule has 2 atom stereocenters. The van der Waals surface area contributed by atoms with Crippen LogP contribution in [0.5, 0.6) is 0 Å². The van der Waals surface area contributed by atoms with Crippen molar-refractivity contribution in [3.63, 3.8) is 0 Å². The third-order valence-electron chi connectivity index (χ3n) is 3.38. The van der Waals surface area contributed by atoms with Gasteiger partial charge in [-0.25, -0.2) is 4.79 Å². The van der Waals surface area contributed by atoms with E-state index in [9.17, 15) is 9.90 Å². The van der Waals surface area contributed by atoms with E-state index in [1.54, 1.807) is 18.2 Å². The molecule has 0 saturated carbocycles. The molecule has 1 amide bonds. The molecule has 20 heavy (non-hydrogen) atoms. The lowest BCUT2D eigenvalue weighted by Gasteiger charge is -2.26. The van der Waals surface area contributed by atoms with Gasteiger partial charge in [-0.05, 0) is 17.7 Å². The number of halogens is 2. The van der Waals surface area contributed by atoms with Crippen LogP contribution < -0.4 is 0 Å². The maximum absolute atomic E-state index is 11.2. The molecule has 1 aliphatic heterocycles. The Morgan fingerprint density at radius 2 is 2.15 bits per heavy atom. The largest absolute Gasteiger partial charge is 0.465 e. The van der Waals surface area contributed by atoms with E-state index in [2.05, 4.69) is 0 Å². The highest BCUT2D eigenvalue weighted by Gasteiger charge is 2.31. The molecule has 1 aromatic rings. The van der Waals surface area contributed by atoms with E-state index >= 15 is 0 Å². The second-order valence-corrected chi connectivity index (χ2v) is 5.41. The summed E-state index contributed by atoms with van der Waals surface area (Å²) in [4.78, 5) is 12.4. The average molecular weight is 320 g/mol. The van der Waals surface area contributed by atoms with Gasteiger partial charge in [0.25, 0.3) is 0 Å². The quantitative estimate of drug-likeness (QED) is 0.878. The van der Waals surface area contributed by atoms with E-state index in [4.69, 9.17) is 33.0 Å². The Hall–Kier alpha value is -1.01. The number of amides is 1. The predicted molar refractivity (Wildman–Crippen MR) is 75.6 cm³/mol. The number of carboxylic acid groups (broad SMARTS) is 1. The van der Waals surface area contributed by atoms with Crippen molar-refractivity contribution in [1.82, 2.24) is 4.90 Å². The summed E-state index contributed by atoms with van der Waals surface area (Å²) in [6.07, 6.45) is -1.46. The molecule has 1 aliphatic rings. The van der Waals surface area contributed by atoms with Crippen LogP contribution in [0.1, 0.15) is 11.5 Å². The number of nitrogens with zero attached hydrogens (tertiary/aromatic N) is 1.